The molecule has 3 aromatic rings. The molecule has 0 bridgehead atoms. The summed E-state index contributed by atoms with van der Waals surface area (Å²) in [5, 5.41) is 2.90. The number of nitrogens with zero attached hydrogens (tertiary/aromatic N) is 4. The van der Waals surface area contributed by atoms with Crippen LogP contribution in [0.15, 0.2) is 60.8 Å². The van der Waals surface area contributed by atoms with Crippen molar-refractivity contribution in [2.45, 2.75) is 6.42 Å². The molecule has 136 valence electrons. The Hall–Kier alpha value is -3.41. The number of rotatable bonds is 4. The van der Waals surface area contributed by atoms with E-state index in [2.05, 4.69) is 32.3 Å². The van der Waals surface area contributed by atoms with Gasteiger partial charge in [0.25, 0.3) is 5.91 Å². The third-order valence-corrected chi connectivity index (χ3v) is 4.65. The van der Waals surface area contributed by atoms with Crippen LogP contribution in [0, 0.1) is 0 Å². The van der Waals surface area contributed by atoms with Crippen molar-refractivity contribution in [2.75, 3.05) is 35.8 Å². The second-order valence-corrected chi connectivity index (χ2v) is 6.67. The van der Waals surface area contributed by atoms with Crippen molar-refractivity contribution in [3.05, 3.63) is 72.1 Å². The molecule has 1 aliphatic rings. The second kappa shape index (κ2) is 7.07. The van der Waals surface area contributed by atoms with Crippen LogP contribution in [0.5, 0.6) is 0 Å². The molecule has 1 aliphatic heterocycles. The first-order chi connectivity index (χ1) is 13.1. The molecule has 0 atom stereocenters. The topological polar surface area (TPSA) is 61.4 Å². The SMILES string of the molecule is CN(C)c1ccc(NC(=O)c2ccnc(N3CCc4ccccc43)n2)cc1. The maximum absolute atomic E-state index is 12.6. The van der Waals surface area contributed by atoms with Crippen LogP contribution in [0.2, 0.25) is 0 Å². The predicted molar refractivity (Wildman–Crippen MR) is 108 cm³/mol. The van der Waals surface area contributed by atoms with Crippen molar-refractivity contribution < 1.29 is 4.79 Å². The maximum Gasteiger partial charge on any atom is 0.274 e. The minimum Gasteiger partial charge on any atom is -0.378 e. The number of carbonyl (C=O) groups excluding carboxylic acids is 1. The van der Waals surface area contributed by atoms with Crippen molar-refractivity contribution in [1.82, 2.24) is 9.97 Å². The van der Waals surface area contributed by atoms with Crippen molar-refractivity contribution in [3.63, 3.8) is 0 Å². The number of hydrogen-bond donors (Lipinski definition) is 1. The molecule has 0 saturated carbocycles. The summed E-state index contributed by atoms with van der Waals surface area (Å²) in [5.74, 6) is 0.305. The van der Waals surface area contributed by atoms with E-state index in [-0.39, 0.29) is 5.91 Å². The molecule has 2 aromatic carbocycles. The fourth-order valence-corrected chi connectivity index (χ4v) is 3.19. The van der Waals surface area contributed by atoms with Crippen LogP contribution >= 0.6 is 0 Å². The standard InChI is InChI=1S/C21H21N5O/c1-25(2)17-9-7-16(8-10-17)23-20(27)18-11-13-22-21(24-18)26-14-12-15-5-3-4-6-19(15)26/h3-11,13H,12,14H2,1-2H3,(H,23,27). The smallest absolute Gasteiger partial charge is 0.274 e. The molecule has 1 aromatic heterocycles. The molecule has 0 fully saturated rings. The van der Waals surface area contributed by atoms with Crippen LogP contribution < -0.4 is 15.1 Å². The number of para-hydroxylation sites is 1. The Kier molecular flexibility index (Phi) is 4.46. The first-order valence-corrected chi connectivity index (χ1v) is 8.89. The van der Waals surface area contributed by atoms with E-state index in [1.807, 2.05) is 55.4 Å². The van der Waals surface area contributed by atoms with Crippen molar-refractivity contribution in [3.8, 4) is 0 Å². The third kappa shape index (κ3) is 3.46. The predicted octanol–water partition coefficient (Wildman–Crippen LogP) is 3.49. The molecule has 0 unspecified atom stereocenters. The summed E-state index contributed by atoms with van der Waals surface area (Å²) in [7, 11) is 3.96. The quantitative estimate of drug-likeness (QED) is 0.773. The van der Waals surface area contributed by atoms with E-state index in [0.29, 0.717) is 11.6 Å². The first-order valence-electron chi connectivity index (χ1n) is 8.89. The molecule has 0 saturated heterocycles. The van der Waals surface area contributed by atoms with E-state index in [1.165, 1.54) is 5.56 Å². The first kappa shape index (κ1) is 17.0. The summed E-state index contributed by atoms with van der Waals surface area (Å²) in [5.41, 5.74) is 4.54. The van der Waals surface area contributed by atoms with Gasteiger partial charge < -0.3 is 15.1 Å². The lowest BCUT2D eigenvalue weighted by atomic mass is 10.2. The molecular formula is C21H21N5O. The minimum atomic E-state index is -0.247. The fraction of sp³-hybridized carbons (Fsp3) is 0.190. The van der Waals surface area contributed by atoms with Crippen LogP contribution in [-0.2, 0) is 6.42 Å². The van der Waals surface area contributed by atoms with E-state index in [4.69, 9.17) is 0 Å². The Morgan fingerprint density at radius 3 is 2.63 bits per heavy atom. The zero-order valence-corrected chi connectivity index (χ0v) is 15.4. The highest BCUT2D eigenvalue weighted by atomic mass is 16.1. The van der Waals surface area contributed by atoms with E-state index in [9.17, 15) is 4.79 Å². The average Bonchev–Trinajstić information content (AvgIpc) is 3.12. The van der Waals surface area contributed by atoms with Crippen LogP contribution in [0.3, 0.4) is 0 Å². The van der Waals surface area contributed by atoms with Crippen LogP contribution in [-0.4, -0.2) is 36.5 Å². The molecule has 1 N–H and O–H groups in total. The van der Waals surface area contributed by atoms with Crippen LogP contribution in [0.25, 0.3) is 0 Å². The van der Waals surface area contributed by atoms with E-state index >= 15 is 0 Å². The molecule has 0 spiro atoms. The summed E-state index contributed by atoms with van der Waals surface area (Å²) in [6.07, 6.45) is 2.58. The lowest BCUT2D eigenvalue weighted by Crippen LogP contribution is -2.20. The Labute approximate surface area is 158 Å². The summed E-state index contributed by atoms with van der Waals surface area (Å²) in [6.45, 7) is 0.816. The van der Waals surface area contributed by atoms with Gasteiger partial charge in [-0.05, 0) is 48.4 Å². The molecule has 0 radical (unpaired) electrons. The fourth-order valence-electron chi connectivity index (χ4n) is 3.19. The number of benzene rings is 2. The number of anilines is 4. The van der Waals surface area contributed by atoms with Crippen molar-refractivity contribution >= 4 is 28.9 Å². The maximum atomic E-state index is 12.6. The van der Waals surface area contributed by atoms with Crippen molar-refractivity contribution in [1.29, 1.82) is 0 Å². The molecule has 4 rings (SSSR count). The van der Waals surface area contributed by atoms with Gasteiger partial charge in [-0.2, -0.15) is 0 Å². The number of aromatic nitrogens is 2. The second-order valence-electron chi connectivity index (χ2n) is 6.67. The largest absolute Gasteiger partial charge is 0.378 e. The summed E-state index contributed by atoms with van der Waals surface area (Å²) in [4.78, 5) is 25.5. The Morgan fingerprint density at radius 1 is 1.07 bits per heavy atom. The normalized spacial score (nSPS) is 12.6. The molecule has 1 amide bonds. The summed E-state index contributed by atoms with van der Waals surface area (Å²) in [6, 6.07) is 17.5. The average molecular weight is 359 g/mol. The van der Waals surface area contributed by atoms with E-state index in [0.717, 1.165) is 30.0 Å². The summed E-state index contributed by atoms with van der Waals surface area (Å²) >= 11 is 0. The van der Waals surface area contributed by atoms with Crippen molar-refractivity contribution in [2.24, 2.45) is 0 Å². The number of fused-ring (bicyclic) bond motifs is 1. The van der Waals surface area contributed by atoms with Gasteiger partial charge in [-0.3, -0.25) is 4.79 Å². The Morgan fingerprint density at radius 2 is 1.85 bits per heavy atom. The molecule has 6 nitrogen and oxygen atoms in total. The zero-order valence-electron chi connectivity index (χ0n) is 15.4. The van der Waals surface area contributed by atoms with Gasteiger partial charge in [0.1, 0.15) is 5.69 Å². The van der Waals surface area contributed by atoms with Gasteiger partial charge in [-0.25, -0.2) is 9.97 Å². The lowest BCUT2D eigenvalue weighted by Gasteiger charge is -2.17. The number of hydrogen-bond acceptors (Lipinski definition) is 5. The minimum absolute atomic E-state index is 0.247. The van der Waals surface area contributed by atoms with Gasteiger partial charge in [0, 0.05) is 43.9 Å². The van der Waals surface area contributed by atoms with Crippen LogP contribution in [0.1, 0.15) is 16.1 Å². The number of nitrogens with one attached hydrogen (secondary N) is 1. The number of amides is 1. The van der Waals surface area contributed by atoms with Gasteiger partial charge in [0.15, 0.2) is 0 Å². The molecular weight excluding hydrogens is 338 g/mol. The zero-order chi connectivity index (χ0) is 18.8. The Bertz CT molecular complexity index is 968. The molecule has 27 heavy (non-hydrogen) atoms. The highest BCUT2D eigenvalue weighted by molar-refractivity contribution is 6.03. The van der Waals surface area contributed by atoms with Gasteiger partial charge in [-0.15, -0.1) is 0 Å². The number of carbonyl (C=O) groups is 1. The Balaban J connectivity index is 1.53. The molecule has 2 heterocycles. The van der Waals surface area contributed by atoms with Gasteiger partial charge in [-0.1, -0.05) is 18.2 Å². The monoisotopic (exact) mass is 359 g/mol. The van der Waals surface area contributed by atoms with E-state index < -0.39 is 0 Å². The van der Waals surface area contributed by atoms with Gasteiger partial charge in [0.05, 0.1) is 0 Å². The van der Waals surface area contributed by atoms with E-state index in [1.54, 1.807) is 12.3 Å². The molecule has 0 aliphatic carbocycles. The third-order valence-electron chi connectivity index (χ3n) is 4.65. The van der Waals surface area contributed by atoms with Gasteiger partial charge >= 0.3 is 0 Å². The highest BCUT2D eigenvalue weighted by Gasteiger charge is 2.22. The van der Waals surface area contributed by atoms with Gasteiger partial charge in [0.2, 0.25) is 5.95 Å². The summed E-state index contributed by atoms with van der Waals surface area (Å²) < 4.78 is 0. The lowest BCUT2D eigenvalue weighted by molar-refractivity contribution is 0.102. The highest BCUT2D eigenvalue weighted by Crippen LogP contribution is 2.32. The molecule has 6 heteroatoms. The van der Waals surface area contributed by atoms with Crippen LogP contribution in [0.4, 0.5) is 23.0 Å².